The van der Waals surface area contributed by atoms with Gasteiger partial charge in [0.05, 0.1) is 0 Å². The van der Waals surface area contributed by atoms with Gasteiger partial charge in [-0.05, 0) is 30.7 Å². The van der Waals surface area contributed by atoms with Gasteiger partial charge in [-0.2, -0.15) is 0 Å². The lowest BCUT2D eigenvalue weighted by Gasteiger charge is -1.93. The van der Waals surface area contributed by atoms with E-state index in [1.165, 1.54) is 24.6 Å². The number of halogens is 1. The number of furan rings is 1. The maximum atomic E-state index is 5.75. The summed E-state index contributed by atoms with van der Waals surface area (Å²) >= 11 is 3.46. The summed E-state index contributed by atoms with van der Waals surface area (Å²) in [5, 5.41) is 1.19. The fourth-order valence-electron chi connectivity index (χ4n) is 1.74. The van der Waals surface area contributed by atoms with Gasteiger partial charge in [-0.15, -0.1) is 0 Å². The van der Waals surface area contributed by atoms with Crippen molar-refractivity contribution in [3.63, 3.8) is 0 Å². The summed E-state index contributed by atoms with van der Waals surface area (Å²) in [4.78, 5) is 0. The molecule has 1 heterocycles. The molecule has 0 aliphatic carbocycles. The van der Waals surface area contributed by atoms with Crippen molar-refractivity contribution in [2.75, 3.05) is 0 Å². The summed E-state index contributed by atoms with van der Waals surface area (Å²) in [6.45, 7) is 2.22. The standard InChI is InChI=1S/C13H15BrO/c1-2-3-4-5-12-9-10-8-11(14)6-7-13(10)15-12/h6-9H,2-5H2,1H3. The van der Waals surface area contributed by atoms with Gasteiger partial charge in [0.25, 0.3) is 0 Å². The van der Waals surface area contributed by atoms with Crippen LogP contribution in [0.15, 0.2) is 33.2 Å². The van der Waals surface area contributed by atoms with E-state index in [0.717, 1.165) is 22.2 Å². The van der Waals surface area contributed by atoms with Crippen LogP contribution < -0.4 is 0 Å². The van der Waals surface area contributed by atoms with E-state index in [9.17, 15) is 0 Å². The molecule has 0 aliphatic heterocycles. The molecular formula is C13H15BrO. The van der Waals surface area contributed by atoms with E-state index >= 15 is 0 Å². The monoisotopic (exact) mass is 266 g/mol. The van der Waals surface area contributed by atoms with Crippen molar-refractivity contribution < 1.29 is 4.42 Å². The zero-order chi connectivity index (χ0) is 10.7. The van der Waals surface area contributed by atoms with Gasteiger partial charge in [0.15, 0.2) is 0 Å². The molecule has 0 radical (unpaired) electrons. The minimum Gasteiger partial charge on any atom is -0.461 e. The fourth-order valence-corrected chi connectivity index (χ4v) is 2.12. The SMILES string of the molecule is CCCCCc1cc2cc(Br)ccc2o1. The molecule has 0 N–H and O–H groups in total. The predicted octanol–water partition coefficient (Wildman–Crippen LogP) is 4.93. The van der Waals surface area contributed by atoms with E-state index in [0.29, 0.717) is 0 Å². The Balaban J connectivity index is 2.16. The van der Waals surface area contributed by atoms with E-state index < -0.39 is 0 Å². The molecule has 0 fully saturated rings. The molecule has 2 aromatic rings. The maximum absolute atomic E-state index is 5.75. The van der Waals surface area contributed by atoms with Crippen molar-refractivity contribution in [2.45, 2.75) is 32.6 Å². The molecule has 0 aliphatic rings. The van der Waals surface area contributed by atoms with Crippen LogP contribution in [0.4, 0.5) is 0 Å². The van der Waals surface area contributed by atoms with E-state index in [2.05, 4.69) is 35.0 Å². The zero-order valence-corrected chi connectivity index (χ0v) is 10.5. The number of benzene rings is 1. The van der Waals surface area contributed by atoms with Crippen molar-refractivity contribution in [3.8, 4) is 0 Å². The smallest absolute Gasteiger partial charge is 0.134 e. The van der Waals surface area contributed by atoms with Gasteiger partial charge in [-0.1, -0.05) is 35.7 Å². The third-order valence-electron chi connectivity index (χ3n) is 2.56. The molecule has 15 heavy (non-hydrogen) atoms. The number of rotatable bonds is 4. The molecule has 0 unspecified atom stereocenters. The molecule has 2 heteroatoms. The van der Waals surface area contributed by atoms with Crippen LogP contribution in [0.1, 0.15) is 31.9 Å². The molecule has 0 saturated heterocycles. The first-order chi connectivity index (χ1) is 7.29. The van der Waals surface area contributed by atoms with E-state index in [4.69, 9.17) is 4.42 Å². The lowest BCUT2D eigenvalue weighted by molar-refractivity contribution is 0.531. The second-order valence-electron chi connectivity index (χ2n) is 3.85. The van der Waals surface area contributed by atoms with Crippen LogP contribution in [-0.4, -0.2) is 0 Å². The molecular weight excluding hydrogens is 252 g/mol. The van der Waals surface area contributed by atoms with Crippen LogP contribution >= 0.6 is 15.9 Å². The Morgan fingerprint density at radius 3 is 2.87 bits per heavy atom. The second-order valence-corrected chi connectivity index (χ2v) is 4.77. The van der Waals surface area contributed by atoms with Crippen molar-refractivity contribution in [3.05, 3.63) is 34.5 Å². The fraction of sp³-hybridized carbons (Fsp3) is 0.385. The average Bonchev–Trinajstić information content (AvgIpc) is 2.60. The summed E-state index contributed by atoms with van der Waals surface area (Å²) in [5.74, 6) is 1.11. The maximum Gasteiger partial charge on any atom is 0.134 e. The molecule has 0 bridgehead atoms. The van der Waals surface area contributed by atoms with E-state index in [1.807, 2.05) is 12.1 Å². The summed E-state index contributed by atoms with van der Waals surface area (Å²) in [6.07, 6.45) is 4.81. The number of aryl methyl sites for hydroxylation is 1. The zero-order valence-electron chi connectivity index (χ0n) is 8.92. The highest BCUT2D eigenvalue weighted by Gasteiger charge is 2.03. The molecule has 1 nitrogen and oxygen atoms in total. The van der Waals surface area contributed by atoms with Gasteiger partial charge in [0.2, 0.25) is 0 Å². The number of hydrogen-bond acceptors (Lipinski definition) is 1. The van der Waals surface area contributed by atoms with E-state index in [1.54, 1.807) is 0 Å². The number of hydrogen-bond donors (Lipinski definition) is 0. The summed E-state index contributed by atoms with van der Waals surface area (Å²) < 4.78 is 6.86. The molecule has 0 amide bonds. The van der Waals surface area contributed by atoms with Crippen LogP contribution in [0.2, 0.25) is 0 Å². The highest BCUT2D eigenvalue weighted by atomic mass is 79.9. The molecule has 0 atom stereocenters. The normalized spacial score (nSPS) is 11.1. The number of fused-ring (bicyclic) bond motifs is 1. The van der Waals surface area contributed by atoms with Crippen molar-refractivity contribution in [1.82, 2.24) is 0 Å². The van der Waals surface area contributed by atoms with Gasteiger partial charge in [-0.3, -0.25) is 0 Å². The topological polar surface area (TPSA) is 13.1 Å². The Labute approximate surface area is 98.6 Å². The van der Waals surface area contributed by atoms with Gasteiger partial charge in [0.1, 0.15) is 11.3 Å². The molecule has 0 spiro atoms. The van der Waals surface area contributed by atoms with Gasteiger partial charge in [-0.25, -0.2) is 0 Å². The second kappa shape index (κ2) is 4.84. The van der Waals surface area contributed by atoms with Crippen LogP contribution in [0.25, 0.3) is 11.0 Å². The Morgan fingerprint density at radius 2 is 2.07 bits per heavy atom. The number of unbranched alkanes of at least 4 members (excludes halogenated alkanes) is 2. The molecule has 80 valence electrons. The van der Waals surface area contributed by atoms with Crippen LogP contribution in [0.5, 0.6) is 0 Å². The summed E-state index contributed by atoms with van der Waals surface area (Å²) in [7, 11) is 0. The Hall–Kier alpha value is -0.760. The Bertz CT molecular complexity index is 445. The largest absolute Gasteiger partial charge is 0.461 e. The minimum absolute atomic E-state index is 0.990. The van der Waals surface area contributed by atoms with Crippen molar-refractivity contribution >= 4 is 26.9 Å². The lowest BCUT2D eigenvalue weighted by Crippen LogP contribution is -1.80. The highest BCUT2D eigenvalue weighted by Crippen LogP contribution is 2.24. The van der Waals surface area contributed by atoms with Gasteiger partial charge in [0, 0.05) is 16.3 Å². The van der Waals surface area contributed by atoms with Gasteiger partial charge >= 0.3 is 0 Å². The van der Waals surface area contributed by atoms with Crippen molar-refractivity contribution in [2.24, 2.45) is 0 Å². The molecule has 1 aromatic carbocycles. The first-order valence-corrected chi connectivity index (χ1v) is 6.27. The lowest BCUT2D eigenvalue weighted by atomic mass is 10.1. The van der Waals surface area contributed by atoms with Crippen LogP contribution in [0, 0.1) is 0 Å². The molecule has 0 saturated carbocycles. The predicted molar refractivity (Wildman–Crippen MR) is 67.1 cm³/mol. The Morgan fingerprint density at radius 1 is 1.20 bits per heavy atom. The third kappa shape index (κ3) is 2.63. The average molecular weight is 267 g/mol. The summed E-state index contributed by atoms with van der Waals surface area (Å²) in [6, 6.07) is 8.28. The van der Waals surface area contributed by atoms with Crippen LogP contribution in [-0.2, 0) is 6.42 Å². The van der Waals surface area contributed by atoms with E-state index in [-0.39, 0.29) is 0 Å². The molecule has 1 aromatic heterocycles. The minimum atomic E-state index is 0.990. The first kappa shape index (κ1) is 10.7. The summed E-state index contributed by atoms with van der Waals surface area (Å²) in [5.41, 5.74) is 0.990. The molecule has 2 rings (SSSR count). The quantitative estimate of drug-likeness (QED) is 0.716. The van der Waals surface area contributed by atoms with Crippen molar-refractivity contribution in [1.29, 1.82) is 0 Å². The highest BCUT2D eigenvalue weighted by molar-refractivity contribution is 9.10. The van der Waals surface area contributed by atoms with Crippen LogP contribution in [0.3, 0.4) is 0 Å². The Kier molecular flexibility index (Phi) is 3.47. The first-order valence-electron chi connectivity index (χ1n) is 5.47. The van der Waals surface area contributed by atoms with Gasteiger partial charge < -0.3 is 4.42 Å². The third-order valence-corrected chi connectivity index (χ3v) is 3.05.